The highest BCUT2D eigenvalue weighted by molar-refractivity contribution is 7.98. The van der Waals surface area contributed by atoms with Crippen LogP contribution in [-0.4, -0.2) is 62.5 Å². The normalized spacial score (nSPS) is 16.9. The summed E-state index contributed by atoms with van der Waals surface area (Å²) >= 11 is 1.42. The van der Waals surface area contributed by atoms with Crippen molar-refractivity contribution in [2.45, 2.75) is 48.3 Å². The molecule has 0 spiro atoms. The van der Waals surface area contributed by atoms with Crippen LogP contribution >= 0.6 is 11.8 Å². The topological polar surface area (TPSA) is 86.8 Å². The monoisotopic (exact) mass is 501 g/mol. The number of carbonyl (C=O) groups excluding carboxylic acids is 2. The number of likely N-dealkylation sites (tertiary alicyclic amines) is 2. The van der Waals surface area contributed by atoms with E-state index < -0.39 is 10.0 Å². The van der Waals surface area contributed by atoms with Crippen LogP contribution in [0, 0.1) is 0 Å². The molecule has 1 N–H and O–H groups in total. The van der Waals surface area contributed by atoms with E-state index in [1.165, 1.54) is 23.9 Å². The summed E-state index contributed by atoms with van der Waals surface area (Å²) in [6.45, 7) is 2.73. The highest BCUT2D eigenvalue weighted by atomic mass is 32.2. The van der Waals surface area contributed by atoms with Crippen molar-refractivity contribution in [3.8, 4) is 0 Å². The molecule has 2 aromatic rings. The van der Waals surface area contributed by atoms with E-state index in [2.05, 4.69) is 4.72 Å². The van der Waals surface area contributed by atoms with Gasteiger partial charge in [0.25, 0.3) is 21.8 Å². The molecule has 34 heavy (non-hydrogen) atoms. The molecule has 4 rings (SSSR count). The lowest BCUT2D eigenvalue weighted by Gasteiger charge is -2.28. The molecular formula is C25H31N3O4S2. The van der Waals surface area contributed by atoms with Crippen molar-refractivity contribution in [1.29, 1.82) is 0 Å². The third-order valence-electron chi connectivity index (χ3n) is 6.40. The summed E-state index contributed by atoms with van der Waals surface area (Å²) in [6, 6.07) is 11.3. The average Bonchev–Trinajstić information content (AvgIpc) is 2.88. The van der Waals surface area contributed by atoms with E-state index in [-0.39, 0.29) is 22.4 Å². The van der Waals surface area contributed by atoms with E-state index in [1.54, 1.807) is 40.1 Å². The molecule has 2 saturated heterocycles. The third kappa shape index (κ3) is 5.41. The van der Waals surface area contributed by atoms with Crippen molar-refractivity contribution in [1.82, 2.24) is 9.80 Å². The maximum absolute atomic E-state index is 13.3. The number of sulfonamides is 1. The van der Waals surface area contributed by atoms with Crippen molar-refractivity contribution in [2.24, 2.45) is 0 Å². The van der Waals surface area contributed by atoms with E-state index in [9.17, 15) is 18.0 Å². The standard InChI is InChI=1S/C25H31N3O4S2/c1-33-23-13-12-19(18-21(23)25(30)28-16-8-3-9-17-28)34(31,32)26-22-11-5-4-10-20(22)24(29)27-14-6-2-7-15-27/h4-5,10-13,18,26H,2-3,6-9,14-17H2,1H3. The van der Waals surface area contributed by atoms with Crippen LogP contribution in [0.15, 0.2) is 52.3 Å². The zero-order valence-corrected chi connectivity index (χ0v) is 21.1. The van der Waals surface area contributed by atoms with E-state index >= 15 is 0 Å². The Bertz CT molecular complexity index is 1150. The van der Waals surface area contributed by atoms with Crippen LogP contribution in [0.25, 0.3) is 0 Å². The Kier molecular flexibility index (Phi) is 7.83. The minimum absolute atomic E-state index is 0.00545. The molecule has 2 aromatic carbocycles. The van der Waals surface area contributed by atoms with E-state index in [0.717, 1.165) is 43.4 Å². The second-order valence-electron chi connectivity index (χ2n) is 8.72. The minimum atomic E-state index is -4.01. The first-order chi connectivity index (χ1) is 16.4. The molecule has 0 aliphatic carbocycles. The molecule has 0 aromatic heterocycles. The highest BCUT2D eigenvalue weighted by Crippen LogP contribution is 2.28. The Labute approximate surface area is 205 Å². The number of amides is 2. The maximum Gasteiger partial charge on any atom is 0.261 e. The van der Waals surface area contributed by atoms with Gasteiger partial charge in [0.1, 0.15) is 0 Å². The van der Waals surface area contributed by atoms with Gasteiger partial charge in [-0.1, -0.05) is 12.1 Å². The van der Waals surface area contributed by atoms with E-state index in [0.29, 0.717) is 37.3 Å². The van der Waals surface area contributed by atoms with Crippen LogP contribution in [0.2, 0.25) is 0 Å². The van der Waals surface area contributed by atoms with E-state index in [4.69, 9.17) is 0 Å². The fraction of sp³-hybridized carbons (Fsp3) is 0.440. The first-order valence-electron chi connectivity index (χ1n) is 11.8. The van der Waals surface area contributed by atoms with Gasteiger partial charge in [0, 0.05) is 31.1 Å². The highest BCUT2D eigenvalue weighted by Gasteiger charge is 2.26. The number of nitrogens with zero attached hydrogens (tertiary/aromatic N) is 2. The SMILES string of the molecule is CSc1ccc(S(=O)(=O)Nc2ccccc2C(=O)N2CCCCC2)cc1C(=O)N1CCCCC1. The molecule has 0 atom stereocenters. The van der Waals surface area contributed by atoms with Gasteiger partial charge >= 0.3 is 0 Å². The molecule has 7 nitrogen and oxygen atoms in total. The second-order valence-corrected chi connectivity index (χ2v) is 11.2. The Morgan fingerprint density at radius 3 is 1.94 bits per heavy atom. The van der Waals surface area contributed by atoms with Gasteiger partial charge in [-0.15, -0.1) is 11.8 Å². The fourth-order valence-electron chi connectivity index (χ4n) is 4.52. The average molecular weight is 502 g/mol. The first kappa shape index (κ1) is 24.6. The smallest absolute Gasteiger partial charge is 0.261 e. The van der Waals surface area contributed by atoms with Crippen LogP contribution in [0.3, 0.4) is 0 Å². The lowest BCUT2D eigenvalue weighted by molar-refractivity contribution is 0.0715. The largest absolute Gasteiger partial charge is 0.339 e. The van der Waals surface area contributed by atoms with Gasteiger partial charge in [0.15, 0.2) is 0 Å². The molecular weight excluding hydrogens is 470 g/mol. The summed E-state index contributed by atoms with van der Waals surface area (Å²) in [4.78, 5) is 30.6. The van der Waals surface area contributed by atoms with Crippen LogP contribution in [0.1, 0.15) is 59.2 Å². The van der Waals surface area contributed by atoms with Crippen molar-refractivity contribution < 1.29 is 18.0 Å². The zero-order valence-electron chi connectivity index (χ0n) is 19.5. The maximum atomic E-state index is 13.3. The molecule has 0 saturated carbocycles. The summed E-state index contributed by atoms with van der Waals surface area (Å²) in [5, 5.41) is 0. The summed E-state index contributed by atoms with van der Waals surface area (Å²) in [6.07, 6.45) is 7.90. The Morgan fingerprint density at radius 1 is 0.794 bits per heavy atom. The van der Waals surface area contributed by atoms with Gasteiger partial charge in [0.2, 0.25) is 0 Å². The molecule has 2 fully saturated rings. The van der Waals surface area contributed by atoms with Gasteiger partial charge in [-0.25, -0.2) is 8.42 Å². The summed E-state index contributed by atoms with van der Waals surface area (Å²) in [5.74, 6) is -0.307. The van der Waals surface area contributed by atoms with Crippen molar-refractivity contribution in [3.05, 3.63) is 53.6 Å². The predicted octanol–water partition coefficient (Wildman–Crippen LogP) is 4.46. The molecule has 2 aliphatic heterocycles. The fourth-order valence-corrected chi connectivity index (χ4v) is 6.19. The molecule has 0 unspecified atom stereocenters. The molecule has 0 bridgehead atoms. The number of thioether (sulfide) groups is 1. The number of rotatable bonds is 6. The molecule has 0 radical (unpaired) electrons. The number of piperidine rings is 2. The number of hydrogen-bond donors (Lipinski definition) is 1. The number of anilines is 1. The van der Waals surface area contributed by atoms with Crippen LogP contribution in [-0.2, 0) is 10.0 Å². The van der Waals surface area contributed by atoms with Crippen molar-refractivity contribution >= 4 is 39.3 Å². The van der Waals surface area contributed by atoms with Crippen LogP contribution < -0.4 is 4.72 Å². The van der Waals surface area contributed by atoms with Gasteiger partial charge in [0.05, 0.1) is 21.7 Å². The van der Waals surface area contributed by atoms with E-state index in [1.807, 2.05) is 6.26 Å². The Hall–Kier alpha value is -2.52. The van der Waals surface area contributed by atoms with Gasteiger partial charge in [-0.3, -0.25) is 14.3 Å². The molecule has 2 amide bonds. The van der Waals surface area contributed by atoms with Crippen LogP contribution in [0.5, 0.6) is 0 Å². The molecule has 2 heterocycles. The summed E-state index contributed by atoms with van der Waals surface area (Å²) < 4.78 is 29.3. The lowest BCUT2D eigenvalue weighted by Crippen LogP contribution is -2.36. The number of para-hydroxylation sites is 1. The number of carbonyl (C=O) groups is 2. The van der Waals surface area contributed by atoms with Gasteiger partial charge in [-0.2, -0.15) is 0 Å². The summed E-state index contributed by atoms with van der Waals surface area (Å²) in [5.41, 5.74) is 0.976. The lowest BCUT2D eigenvalue weighted by atomic mass is 10.1. The first-order valence-corrected chi connectivity index (χ1v) is 14.5. The van der Waals surface area contributed by atoms with Crippen LogP contribution in [0.4, 0.5) is 5.69 Å². The molecule has 182 valence electrons. The predicted molar refractivity (Wildman–Crippen MR) is 135 cm³/mol. The number of benzene rings is 2. The van der Waals surface area contributed by atoms with Gasteiger partial charge < -0.3 is 9.80 Å². The number of nitrogens with one attached hydrogen (secondary N) is 1. The zero-order chi connectivity index (χ0) is 24.1. The number of hydrogen-bond acceptors (Lipinski definition) is 5. The van der Waals surface area contributed by atoms with Gasteiger partial charge in [-0.05, 0) is 75.1 Å². The molecule has 9 heteroatoms. The minimum Gasteiger partial charge on any atom is -0.339 e. The van der Waals surface area contributed by atoms with Crippen molar-refractivity contribution in [2.75, 3.05) is 37.2 Å². The Balaban J connectivity index is 1.62. The van der Waals surface area contributed by atoms with Crippen molar-refractivity contribution in [3.63, 3.8) is 0 Å². The quantitative estimate of drug-likeness (QED) is 0.591. The Morgan fingerprint density at radius 2 is 1.35 bits per heavy atom. The summed E-state index contributed by atoms with van der Waals surface area (Å²) in [7, 11) is -4.01. The molecule has 2 aliphatic rings. The third-order valence-corrected chi connectivity index (χ3v) is 8.56. The second kappa shape index (κ2) is 10.8.